The Kier molecular flexibility index (Phi) is 6.24. The Bertz CT molecular complexity index is 1030. The predicted molar refractivity (Wildman–Crippen MR) is 98.0 cm³/mol. The average molecular weight is 422 g/mol. The summed E-state index contributed by atoms with van der Waals surface area (Å²) >= 11 is 0. The third kappa shape index (κ3) is 4.88. The molecule has 0 amide bonds. The first-order chi connectivity index (χ1) is 14.3. The summed E-state index contributed by atoms with van der Waals surface area (Å²) in [5, 5.41) is 3.64. The van der Waals surface area contributed by atoms with E-state index in [4.69, 9.17) is 18.7 Å². The Hall–Kier alpha value is -3.56. The zero-order valence-corrected chi connectivity index (χ0v) is 16.0. The summed E-state index contributed by atoms with van der Waals surface area (Å²) in [6.45, 7) is 1.83. The number of nitrogens with zero attached hydrogens (tertiary/aromatic N) is 2. The zero-order chi connectivity index (χ0) is 21.7. The highest BCUT2D eigenvalue weighted by Gasteiger charge is 2.30. The summed E-state index contributed by atoms with van der Waals surface area (Å²) in [6, 6.07) is 9.07. The van der Waals surface area contributed by atoms with E-state index in [-0.39, 0.29) is 29.4 Å². The van der Waals surface area contributed by atoms with Gasteiger partial charge in [-0.15, -0.1) is 0 Å². The first-order valence-corrected chi connectivity index (χ1v) is 8.80. The highest BCUT2D eigenvalue weighted by molar-refractivity contribution is 5.90. The molecule has 1 heterocycles. The maximum atomic E-state index is 12.8. The Morgan fingerprint density at radius 3 is 2.63 bits per heavy atom. The number of rotatable bonds is 7. The second-order valence-corrected chi connectivity index (χ2v) is 5.97. The summed E-state index contributed by atoms with van der Waals surface area (Å²) in [7, 11) is 1.48. The lowest BCUT2D eigenvalue weighted by Crippen LogP contribution is -2.06. The fraction of sp³-hybridized carbons (Fsp3) is 0.250. The first-order valence-electron chi connectivity index (χ1n) is 8.80. The topological polar surface area (TPSA) is 83.7 Å². The van der Waals surface area contributed by atoms with Gasteiger partial charge < -0.3 is 18.7 Å². The van der Waals surface area contributed by atoms with Crippen molar-refractivity contribution in [2.75, 3.05) is 13.7 Å². The molecule has 10 heteroatoms. The van der Waals surface area contributed by atoms with E-state index in [0.717, 1.165) is 12.1 Å². The lowest BCUT2D eigenvalue weighted by Gasteiger charge is -2.10. The monoisotopic (exact) mass is 422 g/mol. The molecule has 0 unspecified atom stereocenters. The number of halogens is 3. The van der Waals surface area contributed by atoms with Crippen LogP contribution in [0.3, 0.4) is 0 Å². The molecule has 0 N–H and O–H groups in total. The fourth-order valence-electron chi connectivity index (χ4n) is 2.55. The quantitative estimate of drug-likeness (QED) is 0.518. The average Bonchev–Trinajstić information content (AvgIpc) is 3.21. The van der Waals surface area contributed by atoms with Crippen molar-refractivity contribution in [3.63, 3.8) is 0 Å². The molecular formula is C20H17F3N2O5. The molecule has 3 rings (SSSR count). The van der Waals surface area contributed by atoms with E-state index in [9.17, 15) is 18.0 Å². The van der Waals surface area contributed by atoms with E-state index < -0.39 is 17.7 Å². The van der Waals surface area contributed by atoms with Gasteiger partial charge in [0.2, 0.25) is 5.82 Å². The van der Waals surface area contributed by atoms with E-state index in [1.165, 1.54) is 31.4 Å². The third-order valence-corrected chi connectivity index (χ3v) is 3.94. The van der Waals surface area contributed by atoms with Crippen LogP contribution < -0.4 is 9.47 Å². The molecule has 30 heavy (non-hydrogen) atoms. The van der Waals surface area contributed by atoms with E-state index in [1.807, 2.05) is 0 Å². The van der Waals surface area contributed by atoms with Gasteiger partial charge in [-0.1, -0.05) is 17.3 Å². The number of hydrogen-bond acceptors (Lipinski definition) is 7. The number of carbonyl (C=O) groups is 1. The van der Waals surface area contributed by atoms with Crippen LogP contribution in [0.1, 0.15) is 28.7 Å². The molecule has 0 atom stereocenters. The van der Waals surface area contributed by atoms with Crippen molar-refractivity contribution in [1.29, 1.82) is 0 Å². The van der Waals surface area contributed by atoms with Gasteiger partial charge in [0.15, 0.2) is 18.1 Å². The van der Waals surface area contributed by atoms with E-state index in [1.54, 1.807) is 13.0 Å². The molecule has 3 aromatic rings. The second kappa shape index (κ2) is 8.85. The van der Waals surface area contributed by atoms with Crippen molar-refractivity contribution in [3.8, 4) is 22.9 Å². The maximum Gasteiger partial charge on any atom is 0.416 e. The van der Waals surface area contributed by atoms with Crippen LogP contribution in [0.25, 0.3) is 11.4 Å². The molecule has 0 bridgehead atoms. The van der Waals surface area contributed by atoms with Gasteiger partial charge in [-0.3, -0.25) is 0 Å². The number of hydrogen-bond donors (Lipinski definition) is 0. The minimum atomic E-state index is -4.49. The lowest BCUT2D eigenvalue weighted by atomic mass is 10.1. The summed E-state index contributed by atoms with van der Waals surface area (Å²) in [5.41, 5.74) is -0.484. The Morgan fingerprint density at radius 1 is 1.13 bits per heavy atom. The van der Waals surface area contributed by atoms with Gasteiger partial charge in [-0.25, -0.2) is 4.79 Å². The van der Waals surface area contributed by atoms with Crippen LogP contribution in [-0.4, -0.2) is 29.8 Å². The molecular weight excluding hydrogens is 405 g/mol. The molecule has 0 radical (unpaired) electrons. The van der Waals surface area contributed by atoms with Gasteiger partial charge in [0.25, 0.3) is 5.89 Å². The number of benzene rings is 2. The maximum absolute atomic E-state index is 12.8. The Balaban J connectivity index is 1.69. The van der Waals surface area contributed by atoms with Crippen molar-refractivity contribution in [2.45, 2.75) is 19.7 Å². The van der Waals surface area contributed by atoms with Gasteiger partial charge in [0.1, 0.15) is 0 Å². The van der Waals surface area contributed by atoms with Crippen LogP contribution in [0, 0.1) is 0 Å². The molecule has 0 aliphatic rings. The number of carbonyl (C=O) groups excluding carboxylic acids is 1. The van der Waals surface area contributed by atoms with Crippen molar-refractivity contribution >= 4 is 5.97 Å². The highest BCUT2D eigenvalue weighted by Crippen LogP contribution is 2.31. The third-order valence-electron chi connectivity index (χ3n) is 3.94. The van der Waals surface area contributed by atoms with E-state index in [2.05, 4.69) is 10.1 Å². The second-order valence-electron chi connectivity index (χ2n) is 5.97. The van der Waals surface area contributed by atoms with Gasteiger partial charge in [-0.2, -0.15) is 18.2 Å². The van der Waals surface area contributed by atoms with E-state index in [0.29, 0.717) is 18.1 Å². The van der Waals surface area contributed by atoms with Crippen LogP contribution in [0.4, 0.5) is 13.2 Å². The van der Waals surface area contributed by atoms with Crippen LogP contribution in [0.2, 0.25) is 0 Å². The van der Waals surface area contributed by atoms with Gasteiger partial charge >= 0.3 is 12.1 Å². The molecule has 0 saturated carbocycles. The largest absolute Gasteiger partial charge is 0.493 e. The SMILES string of the molecule is CCOc1cc(C(=O)OCc2nc(-c3cccc(C(F)(F)F)c3)no2)ccc1OC. The lowest BCUT2D eigenvalue weighted by molar-refractivity contribution is -0.137. The number of esters is 1. The minimum Gasteiger partial charge on any atom is -0.493 e. The molecule has 7 nitrogen and oxygen atoms in total. The summed E-state index contributed by atoms with van der Waals surface area (Å²) in [6.07, 6.45) is -4.49. The number of methoxy groups -OCH3 is 1. The van der Waals surface area contributed by atoms with E-state index >= 15 is 0 Å². The van der Waals surface area contributed by atoms with Crippen LogP contribution in [-0.2, 0) is 17.5 Å². The summed E-state index contributed by atoms with van der Waals surface area (Å²) < 4.78 is 59.2. The summed E-state index contributed by atoms with van der Waals surface area (Å²) in [5.74, 6) is 0.0806. The normalized spacial score (nSPS) is 11.2. The van der Waals surface area contributed by atoms with Crippen molar-refractivity contribution in [2.24, 2.45) is 0 Å². The number of ether oxygens (including phenoxy) is 3. The van der Waals surface area contributed by atoms with Crippen LogP contribution in [0.15, 0.2) is 47.0 Å². The van der Waals surface area contributed by atoms with Gasteiger partial charge in [-0.05, 0) is 37.3 Å². The number of alkyl halides is 3. The smallest absolute Gasteiger partial charge is 0.416 e. The van der Waals surface area contributed by atoms with Crippen LogP contribution >= 0.6 is 0 Å². The molecule has 1 aromatic heterocycles. The van der Waals surface area contributed by atoms with Crippen LogP contribution in [0.5, 0.6) is 11.5 Å². The van der Waals surface area contributed by atoms with Crippen molar-refractivity contribution in [1.82, 2.24) is 10.1 Å². The number of aromatic nitrogens is 2. The molecule has 0 aliphatic carbocycles. The van der Waals surface area contributed by atoms with Crippen molar-refractivity contribution < 1.29 is 36.7 Å². The highest BCUT2D eigenvalue weighted by atomic mass is 19.4. The Morgan fingerprint density at radius 2 is 1.93 bits per heavy atom. The Labute approximate surface area is 169 Å². The van der Waals surface area contributed by atoms with Gasteiger partial charge in [0.05, 0.1) is 24.8 Å². The zero-order valence-electron chi connectivity index (χ0n) is 16.0. The van der Waals surface area contributed by atoms with Gasteiger partial charge in [0, 0.05) is 5.56 Å². The first kappa shape index (κ1) is 21.2. The molecule has 0 aliphatic heterocycles. The minimum absolute atomic E-state index is 0.0461. The molecule has 0 spiro atoms. The fourth-order valence-corrected chi connectivity index (χ4v) is 2.55. The van der Waals surface area contributed by atoms with Crippen molar-refractivity contribution in [3.05, 3.63) is 59.5 Å². The molecule has 0 saturated heterocycles. The molecule has 0 fully saturated rings. The standard InChI is InChI=1S/C20H17F3N2O5/c1-3-28-16-10-13(7-8-15(16)27-2)19(26)29-11-17-24-18(25-30-17)12-5-4-6-14(9-12)20(21,22)23/h4-10H,3,11H2,1-2H3. The molecule has 2 aromatic carbocycles. The summed E-state index contributed by atoms with van der Waals surface area (Å²) in [4.78, 5) is 16.2. The predicted octanol–water partition coefficient (Wildman–Crippen LogP) is 4.52. The molecule has 158 valence electrons.